The molecule has 1 aliphatic rings. The summed E-state index contributed by atoms with van der Waals surface area (Å²) >= 11 is 0. The van der Waals surface area contributed by atoms with Crippen molar-refractivity contribution in [1.29, 1.82) is 0 Å². The number of Topliss-reactive ketones (excluding diaryl/α,β-unsaturated/α-hetero) is 1. The third-order valence-electron chi connectivity index (χ3n) is 5.39. The molecule has 0 amide bonds. The maximum absolute atomic E-state index is 12.3. The van der Waals surface area contributed by atoms with Gasteiger partial charge in [0.15, 0.2) is 0 Å². The zero-order valence-corrected chi connectivity index (χ0v) is 18.7. The van der Waals surface area contributed by atoms with E-state index in [2.05, 4.69) is 0 Å². The number of rotatable bonds is 9. The van der Waals surface area contributed by atoms with Crippen molar-refractivity contribution in [3.63, 3.8) is 0 Å². The molecular formula is C20H36N4O7. The van der Waals surface area contributed by atoms with Crippen molar-refractivity contribution in [3.8, 4) is 0 Å². The Hall–Kier alpha value is -2.08. The molecule has 1 rings (SSSR count). The summed E-state index contributed by atoms with van der Waals surface area (Å²) in [5, 5.41) is 27.7. The van der Waals surface area contributed by atoms with Crippen LogP contribution in [0.3, 0.4) is 0 Å². The Balaban J connectivity index is 3.09. The van der Waals surface area contributed by atoms with E-state index in [9.17, 15) is 34.5 Å². The van der Waals surface area contributed by atoms with Crippen molar-refractivity contribution in [1.82, 2.24) is 19.6 Å². The molecule has 0 bridgehead atoms. The average Bonchev–Trinajstić information content (AvgIpc) is 2.61. The SMILES string of the molecule is CC(=O)C(C(C)C)N1CCN(CC(=O)O)CCN(CC(=O)O)CCN(CC(=O)O)CC1. The number of carboxylic acids is 3. The number of hydrogen-bond donors (Lipinski definition) is 3. The maximum atomic E-state index is 12.3. The largest absolute Gasteiger partial charge is 0.480 e. The minimum Gasteiger partial charge on any atom is -0.480 e. The van der Waals surface area contributed by atoms with Crippen LogP contribution in [-0.2, 0) is 19.2 Å². The van der Waals surface area contributed by atoms with Crippen molar-refractivity contribution in [2.45, 2.75) is 26.8 Å². The fraction of sp³-hybridized carbons (Fsp3) is 0.800. The predicted octanol–water partition coefficient (Wildman–Crippen LogP) is -0.925. The number of carboxylic acid groups (broad SMARTS) is 3. The lowest BCUT2D eigenvalue weighted by Crippen LogP contribution is -2.52. The molecule has 0 saturated carbocycles. The van der Waals surface area contributed by atoms with Gasteiger partial charge in [0.1, 0.15) is 5.78 Å². The van der Waals surface area contributed by atoms with Gasteiger partial charge in [0.05, 0.1) is 25.7 Å². The van der Waals surface area contributed by atoms with Crippen molar-refractivity contribution in [2.24, 2.45) is 5.92 Å². The monoisotopic (exact) mass is 444 g/mol. The molecule has 11 heteroatoms. The highest BCUT2D eigenvalue weighted by Gasteiger charge is 2.28. The number of aliphatic carboxylic acids is 3. The van der Waals surface area contributed by atoms with Crippen LogP contribution in [0.5, 0.6) is 0 Å². The minimum atomic E-state index is -0.992. The fourth-order valence-corrected chi connectivity index (χ4v) is 4.03. The number of hydrogen-bond acceptors (Lipinski definition) is 8. The molecule has 178 valence electrons. The van der Waals surface area contributed by atoms with Gasteiger partial charge < -0.3 is 15.3 Å². The summed E-state index contributed by atoms with van der Waals surface area (Å²) in [4.78, 5) is 53.3. The van der Waals surface area contributed by atoms with Crippen LogP contribution in [0.4, 0.5) is 0 Å². The molecule has 0 aromatic heterocycles. The Kier molecular flexibility index (Phi) is 11.6. The van der Waals surface area contributed by atoms with Crippen LogP contribution in [0.15, 0.2) is 0 Å². The van der Waals surface area contributed by atoms with Gasteiger partial charge in [0.25, 0.3) is 0 Å². The number of carbonyl (C=O) groups excluding carboxylic acids is 1. The molecule has 1 aliphatic heterocycles. The summed E-state index contributed by atoms with van der Waals surface area (Å²) in [6.07, 6.45) is 0. The van der Waals surface area contributed by atoms with Crippen LogP contribution < -0.4 is 0 Å². The van der Waals surface area contributed by atoms with Gasteiger partial charge in [0, 0.05) is 52.4 Å². The molecule has 1 fully saturated rings. The van der Waals surface area contributed by atoms with E-state index in [0.717, 1.165) is 0 Å². The second-order valence-corrected chi connectivity index (χ2v) is 8.35. The van der Waals surface area contributed by atoms with Crippen LogP contribution in [0.1, 0.15) is 20.8 Å². The van der Waals surface area contributed by atoms with E-state index in [0.29, 0.717) is 52.4 Å². The summed E-state index contributed by atoms with van der Waals surface area (Å²) in [6, 6.07) is -0.343. The number of ketones is 1. The van der Waals surface area contributed by atoms with Crippen LogP contribution in [0.2, 0.25) is 0 Å². The second kappa shape index (κ2) is 13.4. The smallest absolute Gasteiger partial charge is 0.317 e. The maximum Gasteiger partial charge on any atom is 0.317 e. The number of nitrogens with zero attached hydrogens (tertiary/aromatic N) is 4. The molecule has 1 saturated heterocycles. The highest BCUT2D eigenvalue weighted by molar-refractivity contribution is 5.81. The standard InChI is InChI=1S/C20H36N4O7/c1-15(2)20(16(3)25)24-10-8-22(13-18(28)29)6-4-21(12-17(26)27)5-7-23(9-11-24)14-19(30)31/h15,20H,4-14H2,1-3H3,(H,26,27)(H,28,29)(H,30,31). The molecule has 1 unspecified atom stereocenters. The van der Waals surface area contributed by atoms with E-state index in [-0.39, 0.29) is 37.4 Å². The van der Waals surface area contributed by atoms with Gasteiger partial charge in [0.2, 0.25) is 0 Å². The summed E-state index contributed by atoms with van der Waals surface area (Å²) in [7, 11) is 0. The molecule has 0 spiro atoms. The van der Waals surface area contributed by atoms with E-state index in [1.165, 1.54) is 6.92 Å². The van der Waals surface area contributed by atoms with Crippen LogP contribution in [-0.4, -0.2) is 137 Å². The molecule has 11 nitrogen and oxygen atoms in total. The van der Waals surface area contributed by atoms with Crippen molar-refractivity contribution >= 4 is 23.7 Å². The van der Waals surface area contributed by atoms with E-state index in [4.69, 9.17) is 0 Å². The summed E-state index contributed by atoms with van der Waals surface area (Å²) < 4.78 is 0. The zero-order valence-electron chi connectivity index (χ0n) is 18.7. The Morgan fingerprint density at radius 2 is 0.935 bits per heavy atom. The summed E-state index contributed by atoms with van der Waals surface area (Å²) in [5.74, 6) is -2.86. The van der Waals surface area contributed by atoms with Crippen molar-refractivity contribution in [2.75, 3.05) is 72.0 Å². The minimum absolute atomic E-state index is 0.0179. The van der Waals surface area contributed by atoms with E-state index in [1.807, 2.05) is 18.7 Å². The average molecular weight is 445 g/mol. The summed E-state index contributed by atoms with van der Waals surface area (Å²) in [6.45, 7) is 8.03. The molecule has 1 heterocycles. The Labute approximate surface area is 183 Å². The molecule has 0 aliphatic carbocycles. The topological polar surface area (TPSA) is 142 Å². The highest BCUT2D eigenvalue weighted by atomic mass is 16.4. The third kappa shape index (κ3) is 10.7. The molecule has 0 aromatic carbocycles. The normalized spacial score (nSPS) is 20.0. The Bertz CT molecular complexity index is 597. The van der Waals surface area contributed by atoms with E-state index in [1.54, 1.807) is 14.7 Å². The lowest BCUT2D eigenvalue weighted by atomic mass is 9.98. The molecular weight excluding hydrogens is 408 g/mol. The quantitative estimate of drug-likeness (QED) is 0.406. The number of carbonyl (C=O) groups is 4. The second-order valence-electron chi connectivity index (χ2n) is 8.35. The third-order valence-corrected chi connectivity index (χ3v) is 5.39. The molecule has 1 atom stereocenters. The first-order chi connectivity index (χ1) is 14.5. The first kappa shape index (κ1) is 27.0. The molecule has 31 heavy (non-hydrogen) atoms. The lowest BCUT2D eigenvalue weighted by Gasteiger charge is -2.37. The molecule has 3 N–H and O–H groups in total. The lowest BCUT2D eigenvalue weighted by molar-refractivity contribution is -0.140. The molecule has 0 aromatic rings. The Morgan fingerprint density at radius 1 is 0.645 bits per heavy atom. The van der Waals surface area contributed by atoms with E-state index < -0.39 is 17.9 Å². The van der Waals surface area contributed by atoms with Gasteiger partial charge in [-0.1, -0.05) is 13.8 Å². The molecule has 0 radical (unpaired) electrons. The van der Waals surface area contributed by atoms with Gasteiger partial charge in [-0.3, -0.25) is 38.8 Å². The van der Waals surface area contributed by atoms with Crippen molar-refractivity contribution < 1.29 is 34.5 Å². The zero-order chi connectivity index (χ0) is 23.6. The van der Waals surface area contributed by atoms with Crippen LogP contribution in [0, 0.1) is 5.92 Å². The first-order valence-corrected chi connectivity index (χ1v) is 10.6. The van der Waals surface area contributed by atoms with Crippen molar-refractivity contribution in [3.05, 3.63) is 0 Å². The van der Waals surface area contributed by atoms with Gasteiger partial charge in [-0.05, 0) is 12.8 Å². The Morgan fingerprint density at radius 3 is 1.16 bits per heavy atom. The highest BCUT2D eigenvalue weighted by Crippen LogP contribution is 2.13. The van der Waals surface area contributed by atoms with E-state index >= 15 is 0 Å². The predicted molar refractivity (Wildman–Crippen MR) is 113 cm³/mol. The van der Waals surface area contributed by atoms with Crippen LogP contribution >= 0.6 is 0 Å². The van der Waals surface area contributed by atoms with Gasteiger partial charge in [-0.15, -0.1) is 0 Å². The summed E-state index contributed by atoms with van der Waals surface area (Å²) in [5.41, 5.74) is 0. The van der Waals surface area contributed by atoms with Crippen LogP contribution in [0.25, 0.3) is 0 Å². The first-order valence-electron chi connectivity index (χ1n) is 10.6. The van der Waals surface area contributed by atoms with Gasteiger partial charge >= 0.3 is 17.9 Å². The van der Waals surface area contributed by atoms with Gasteiger partial charge in [-0.2, -0.15) is 0 Å². The fourth-order valence-electron chi connectivity index (χ4n) is 4.03. The van der Waals surface area contributed by atoms with Gasteiger partial charge in [-0.25, -0.2) is 0 Å².